The number of rotatable bonds is 7. The average molecular weight is 428 g/mol. The molecule has 0 unspecified atom stereocenters. The molecule has 2 aromatic rings. The Kier molecular flexibility index (Phi) is 7.41. The van der Waals surface area contributed by atoms with Gasteiger partial charge in [-0.2, -0.15) is 0 Å². The van der Waals surface area contributed by atoms with Crippen LogP contribution >= 0.6 is 0 Å². The zero-order chi connectivity index (χ0) is 22.3. The molecule has 0 radical (unpaired) electrons. The van der Waals surface area contributed by atoms with E-state index in [0.717, 1.165) is 12.8 Å². The normalized spacial score (nSPS) is 15.9. The predicted octanol–water partition coefficient (Wildman–Crippen LogP) is 3.62. The van der Waals surface area contributed by atoms with Crippen molar-refractivity contribution in [2.24, 2.45) is 0 Å². The Labute approximate surface area is 181 Å². The number of nitrogens with zero attached hydrogens (tertiary/aromatic N) is 3. The lowest BCUT2D eigenvalue weighted by Gasteiger charge is -2.28. The molecular weight excluding hydrogens is 400 g/mol. The van der Waals surface area contributed by atoms with Gasteiger partial charge in [-0.3, -0.25) is 9.69 Å². The van der Waals surface area contributed by atoms with Crippen LogP contribution in [0.4, 0.5) is 10.5 Å². The van der Waals surface area contributed by atoms with Crippen LogP contribution in [0.1, 0.15) is 33.6 Å². The molecule has 2 heterocycles. The number of hydrogen-bond acceptors (Lipinski definition) is 7. The van der Waals surface area contributed by atoms with Crippen molar-refractivity contribution in [3.63, 3.8) is 0 Å². The van der Waals surface area contributed by atoms with E-state index in [1.165, 1.54) is 4.90 Å². The van der Waals surface area contributed by atoms with Crippen LogP contribution in [-0.2, 0) is 14.3 Å². The minimum Gasteiger partial charge on any atom is -0.444 e. The van der Waals surface area contributed by atoms with Crippen molar-refractivity contribution in [2.45, 2.75) is 45.3 Å². The second-order valence-corrected chi connectivity index (χ2v) is 8.20. The number of benzene rings is 1. The summed E-state index contributed by atoms with van der Waals surface area (Å²) in [5.41, 5.74) is -0.0757. The number of amides is 2. The summed E-state index contributed by atoms with van der Waals surface area (Å²) in [6.45, 7) is 6.22. The topological polar surface area (TPSA) is 103 Å². The summed E-state index contributed by atoms with van der Waals surface area (Å²) in [6, 6.07) is 8.74. The van der Waals surface area contributed by atoms with E-state index in [-0.39, 0.29) is 24.6 Å². The molecule has 166 valence electrons. The monoisotopic (exact) mass is 428 g/mol. The third-order valence-electron chi connectivity index (χ3n) is 4.32. The first-order valence-corrected chi connectivity index (χ1v) is 10.2. The Bertz CT molecular complexity index is 862. The molecule has 1 aromatic heterocycles. The van der Waals surface area contributed by atoms with Crippen molar-refractivity contribution in [2.75, 3.05) is 25.0 Å². The molecule has 0 aliphatic carbocycles. The van der Waals surface area contributed by atoms with Crippen molar-refractivity contribution >= 4 is 17.7 Å². The van der Waals surface area contributed by atoms with Gasteiger partial charge >= 0.3 is 12.1 Å². The van der Waals surface area contributed by atoms with E-state index in [1.54, 1.807) is 63.5 Å². The first-order valence-electron chi connectivity index (χ1n) is 10.2. The van der Waals surface area contributed by atoms with Gasteiger partial charge in [0.05, 0.1) is 12.6 Å². The lowest BCUT2D eigenvalue weighted by atomic mass is 10.2. The molecule has 31 heavy (non-hydrogen) atoms. The van der Waals surface area contributed by atoms with Gasteiger partial charge in [0.2, 0.25) is 5.91 Å². The number of aromatic nitrogens is 2. The smallest absolute Gasteiger partial charge is 0.410 e. The zero-order valence-electron chi connectivity index (χ0n) is 18.0. The van der Waals surface area contributed by atoms with Gasteiger partial charge in [-0.05, 0) is 63.9 Å². The van der Waals surface area contributed by atoms with E-state index in [9.17, 15) is 9.59 Å². The highest BCUT2D eigenvalue weighted by Crippen LogP contribution is 2.20. The van der Waals surface area contributed by atoms with E-state index in [2.05, 4.69) is 15.3 Å². The van der Waals surface area contributed by atoms with Gasteiger partial charge in [0.15, 0.2) is 0 Å². The number of carbonyl (C=O) groups is 2. The maximum atomic E-state index is 12.6. The van der Waals surface area contributed by atoms with Crippen LogP contribution in [0.5, 0.6) is 11.8 Å². The molecule has 1 aliphatic heterocycles. The number of hydrogen-bond donors (Lipinski definition) is 1. The molecule has 2 amide bonds. The van der Waals surface area contributed by atoms with Gasteiger partial charge < -0.3 is 19.5 Å². The van der Waals surface area contributed by atoms with E-state index < -0.39 is 11.7 Å². The molecule has 1 aromatic carbocycles. The molecule has 1 saturated heterocycles. The van der Waals surface area contributed by atoms with Gasteiger partial charge in [0.1, 0.15) is 17.9 Å². The maximum absolute atomic E-state index is 12.6. The highest BCUT2D eigenvalue weighted by Gasteiger charge is 2.28. The van der Waals surface area contributed by atoms with Crippen LogP contribution in [0.15, 0.2) is 42.7 Å². The third kappa shape index (κ3) is 7.53. The molecule has 0 spiro atoms. The standard InChI is InChI=1S/C22H28N4O5/c1-22(2,3)31-21(28)26(14-18-6-4-13-29-18)15-19(27)25-16-7-9-17(10-8-16)30-20-23-11-5-12-24-20/h5,7-12,18H,4,6,13-15H2,1-3H3,(H,25,27)/t18-/m0/s1. The number of ether oxygens (including phenoxy) is 3. The van der Waals surface area contributed by atoms with Crippen LogP contribution in [0.3, 0.4) is 0 Å². The summed E-state index contributed by atoms with van der Waals surface area (Å²) >= 11 is 0. The highest BCUT2D eigenvalue weighted by molar-refractivity contribution is 5.93. The molecule has 1 atom stereocenters. The van der Waals surface area contributed by atoms with E-state index in [1.807, 2.05) is 0 Å². The zero-order valence-corrected chi connectivity index (χ0v) is 18.0. The highest BCUT2D eigenvalue weighted by atomic mass is 16.6. The van der Waals surface area contributed by atoms with E-state index in [0.29, 0.717) is 24.6 Å². The minimum absolute atomic E-state index is 0.0862. The number of nitrogens with one attached hydrogen (secondary N) is 1. The van der Waals surface area contributed by atoms with Crippen LogP contribution in [0.25, 0.3) is 0 Å². The Hall–Kier alpha value is -3.20. The second-order valence-electron chi connectivity index (χ2n) is 8.20. The van der Waals surface area contributed by atoms with Crippen molar-refractivity contribution in [1.29, 1.82) is 0 Å². The molecular formula is C22H28N4O5. The van der Waals surface area contributed by atoms with Gasteiger partial charge in [0, 0.05) is 24.7 Å². The SMILES string of the molecule is CC(C)(C)OC(=O)N(CC(=O)Nc1ccc(Oc2ncccn2)cc1)C[C@@H]1CCCO1. The average Bonchev–Trinajstić information content (AvgIpc) is 3.22. The second kappa shape index (κ2) is 10.2. The largest absolute Gasteiger partial charge is 0.444 e. The maximum Gasteiger partial charge on any atom is 0.410 e. The Morgan fingerprint density at radius 1 is 1.19 bits per heavy atom. The van der Waals surface area contributed by atoms with Crippen LogP contribution in [0.2, 0.25) is 0 Å². The fourth-order valence-corrected chi connectivity index (χ4v) is 2.99. The van der Waals surface area contributed by atoms with Crippen LogP contribution < -0.4 is 10.1 Å². The Balaban J connectivity index is 1.58. The van der Waals surface area contributed by atoms with Gasteiger partial charge in [-0.1, -0.05) is 0 Å². The summed E-state index contributed by atoms with van der Waals surface area (Å²) in [7, 11) is 0. The van der Waals surface area contributed by atoms with Gasteiger partial charge in [0.25, 0.3) is 0 Å². The quantitative estimate of drug-likeness (QED) is 0.718. The van der Waals surface area contributed by atoms with Crippen molar-refractivity contribution in [1.82, 2.24) is 14.9 Å². The van der Waals surface area contributed by atoms with Crippen LogP contribution in [0, 0.1) is 0 Å². The summed E-state index contributed by atoms with van der Waals surface area (Å²) in [5, 5.41) is 2.79. The summed E-state index contributed by atoms with van der Waals surface area (Å²) in [6.07, 6.45) is 4.35. The fraction of sp³-hybridized carbons (Fsp3) is 0.455. The molecule has 1 N–H and O–H groups in total. The predicted molar refractivity (Wildman–Crippen MR) is 114 cm³/mol. The van der Waals surface area contributed by atoms with Gasteiger partial charge in [-0.15, -0.1) is 0 Å². The summed E-state index contributed by atoms with van der Waals surface area (Å²) in [4.78, 5) is 34.6. The van der Waals surface area contributed by atoms with Crippen molar-refractivity contribution in [3.8, 4) is 11.8 Å². The van der Waals surface area contributed by atoms with E-state index in [4.69, 9.17) is 14.2 Å². The minimum atomic E-state index is -0.652. The lowest BCUT2D eigenvalue weighted by molar-refractivity contribution is -0.117. The first kappa shape index (κ1) is 22.5. The van der Waals surface area contributed by atoms with Gasteiger partial charge in [-0.25, -0.2) is 14.8 Å². The Morgan fingerprint density at radius 2 is 1.90 bits per heavy atom. The number of carbonyl (C=O) groups excluding carboxylic acids is 2. The molecule has 0 bridgehead atoms. The summed E-state index contributed by atoms with van der Waals surface area (Å²) in [5.74, 6) is 0.210. The molecule has 1 aliphatic rings. The number of anilines is 1. The molecule has 3 rings (SSSR count). The van der Waals surface area contributed by atoms with Crippen molar-refractivity contribution in [3.05, 3.63) is 42.7 Å². The van der Waals surface area contributed by atoms with Crippen LogP contribution in [-0.4, -0.2) is 58.3 Å². The third-order valence-corrected chi connectivity index (χ3v) is 4.32. The molecule has 0 saturated carbocycles. The van der Waals surface area contributed by atoms with E-state index >= 15 is 0 Å². The Morgan fingerprint density at radius 3 is 2.52 bits per heavy atom. The molecule has 9 nitrogen and oxygen atoms in total. The molecule has 1 fully saturated rings. The fourth-order valence-electron chi connectivity index (χ4n) is 2.99. The first-order chi connectivity index (χ1) is 14.8. The summed E-state index contributed by atoms with van der Waals surface area (Å²) < 4.78 is 16.6. The van der Waals surface area contributed by atoms with Crippen molar-refractivity contribution < 1.29 is 23.8 Å². The lowest BCUT2D eigenvalue weighted by Crippen LogP contribution is -2.44. The molecule has 9 heteroatoms.